The molecule has 0 saturated carbocycles. The van der Waals surface area contributed by atoms with Gasteiger partial charge in [0.15, 0.2) is 0 Å². The molecule has 1 heterocycles. The van der Waals surface area contributed by atoms with Crippen molar-refractivity contribution in [2.75, 3.05) is 0 Å². The first-order valence-electron chi connectivity index (χ1n) is 5.54. The highest BCUT2D eigenvalue weighted by Gasteiger charge is 2.24. The fourth-order valence-electron chi connectivity index (χ4n) is 1.58. The van der Waals surface area contributed by atoms with Gasteiger partial charge in [0, 0.05) is 4.88 Å². The lowest BCUT2D eigenvalue weighted by Crippen LogP contribution is -2.24. The van der Waals surface area contributed by atoms with E-state index in [4.69, 9.17) is 11.6 Å². The highest BCUT2D eigenvalue weighted by molar-refractivity contribution is 7.16. The Balaban J connectivity index is 2.21. The zero-order chi connectivity index (χ0) is 15.6. The fraction of sp³-hybridized carbons (Fsp3) is 0.0833. The minimum Gasteiger partial charge on any atom is -0.347 e. The van der Waals surface area contributed by atoms with E-state index in [1.165, 1.54) is 11.3 Å². The normalized spacial score (nSPS) is 10.4. The van der Waals surface area contributed by atoms with Gasteiger partial charge in [0.05, 0.1) is 27.4 Å². The van der Waals surface area contributed by atoms with Crippen molar-refractivity contribution in [3.05, 3.63) is 60.8 Å². The zero-order valence-corrected chi connectivity index (χ0v) is 11.8. The first-order chi connectivity index (χ1) is 9.88. The Labute approximate surface area is 126 Å². The summed E-state index contributed by atoms with van der Waals surface area (Å²) in [6.45, 7) is 0.0555. The Kier molecular flexibility index (Phi) is 4.49. The Morgan fingerprint density at radius 1 is 1.38 bits per heavy atom. The van der Waals surface area contributed by atoms with E-state index in [0.717, 1.165) is 0 Å². The molecule has 5 nitrogen and oxygen atoms in total. The van der Waals surface area contributed by atoms with Crippen LogP contribution >= 0.6 is 22.9 Å². The largest absolute Gasteiger partial charge is 0.347 e. The van der Waals surface area contributed by atoms with Crippen molar-refractivity contribution in [1.82, 2.24) is 5.32 Å². The minimum atomic E-state index is -1.37. The first-order valence-corrected chi connectivity index (χ1v) is 6.74. The quantitative estimate of drug-likeness (QED) is 0.687. The van der Waals surface area contributed by atoms with E-state index >= 15 is 0 Å². The number of carbonyl (C=O) groups excluding carboxylic acids is 1. The molecular weight excluding hydrogens is 326 g/mol. The molecule has 0 aliphatic carbocycles. The van der Waals surface area contributed by atoms with Gasteiger partial charge in [-0.25, -0.2) is 4.39 Å². The van der Waals surface area contributed by atoms with Crippen molar-refractivity contribution in [2.24, 2.45) is 0 Å². The van der Waals surface area contributed by atoms with Crippen LogP contribution in [0, 0.1) is 21.7 Å². The molecule has 0 radical (unpaired) electrons. The average molecular weight is 333 g/mol. The lowest BCUT2D eigenvalue weighted by Gasteiger charge is -2.05. The van der Waals surface area contributed by atoms with Gasteiger partial charge in [0.25, 0.3) is 5.91 Å². The molecule has 1 aromatic heterocycles. The second-order valence-corrected chi connectivity index (χ2v) is 5.73. The third-order valence-corrected chi connectivity index (χ3v) is 3.74. The second kappa shape index (κ2) is 6.15. The van der Waals surface area contributed by atoms with Crippen molar-refractivity contribution in [2.45, 2.75) is 6.54 Å². The van der Waals surface area contributed by atoms with Crippen LogP contribution in [0.5, 0.6) is 0 Å². The summed E-state index contributed by atoms with van der Waals surface area (Å²) in [4.78, 5) is 22.0. The molecule has 0 fully saturated rings. The Hall–Kier alpha value is -2.06. The maximum absolute atomic E-state index is 13.8. The van der Waals surface area contributed by atoms with Crippen LogP contribution in [0.4, 0.5) is 14.5 Å². The first kappa shape index (κ1) is 15.3. The number of hydrogen-bond acceptors (Lipinski definition) is 4. The molecule has 0 unspecified atom stereocenters. The summed E-state index contributed by atoms with van der Waals surface area (Å²) in [6.07, 6.45) is 0. The van der Waals surface area contributed by atoms with Crippen LogP contribution in [0.1, 0.15) is 15.2 Å². The average Bonchev–Trinajstić information content (AvgIpc) is 2.83. The molecule has 2 aromatic rings. The number of hydrogen-bond donors (Lipinski definition) is 1. The number of carbonyl (C=O) groups is 1. The number of nitrogens with zero attached hydrogens (tertiary/aromatic N) is 1. The van der Waals surface area contributed by atoms with Crippen molar-refractivity contribution in [3.63, 3.8) is 0 Å². The maximum Gasteiger partial charge on any atom is 0.308 e. The van der Waals surface area contributed by atoms with E-state index in [1.54, 1.807) is 12.1 Å². The van der Waals surface area contributed by atoms with Gasteiger partial charge in [-0.2, -0.15) is 4.39 Å². The van der Waals surface area contributed by atoms with E-state index in [-0.39, 0.29) is 6.54 Å². The van der Waals surface area contributed by atoms with Gasteiger partial charge < -0.3 is 5.32 Å². The summed E-state index contributed by atoms with van der Waals surface area (Å²) in [5.74, 6) is -3.38. The van der Waals surface area contributed by atoms with Gasteiger partial charge in [-0.05, 0) is 18.2 Å². The lowest BCUT2D eigenvalue weighted by atomic mass is 10.1. The summed E-state index contributed by atoms with van der Waals surface area (Å²) in [6, 6.07) is 4.32. The second-order valence-electron chi connectivity index (χ2n) is 3.93. The van der Waals surface area contributed by atoms with Crippen molar-refractivity contribution in [3.8, 4) is 0 Å². The molecule has 0 atom stereocenters. The van der Waals surface area contributed by atoms with Crippen molar-refractivity contribution in [1.29, 1.82) is 0 Å². The van der Waals surface area contributed by atoms with Crippen LogP contribution in [0.2, 0.25) is 4.34 Å². The highest BCUT2D eigenvalue weighted by Crippen LogP contribution is 2.23. The van der Waals surface area contributed by atoms with Gasteiger partial charge >= 0.3 is 5.69 Å². The van der Waals surface area contributed by atoms with Crippen LogP contribution < -0.4 is 5.32 Å². The lowest BCUT2D eigenvalue weighted by molar-refractivity contribution is -0.387. The van der Waals surface area contributed by atoms with Gasteiger partial charge in [-0.3, -0.25) is 14.9 Å². The molecule has 0 spiro atoms. The molecule has 9 heteroatoms. The predicted molar refractivity (Wildman–Crippen MR) is 73.5 cm³/mol. The third-order valence-electron chi connectivity index (χ3n) is 2.51. The smallest absolute Gasteiger partial charge is 0.308 e. The molecular formula is C12H7ClF2N2O3S. The van der Waals surface area contributed by atoms with E-state index in [9.17, 15) is 23.7 Å². The van der Waals surface area contributed by atoms with Crippen molar-refractivity contribution >= 4 is 34.5 Å². The van der Waals surface area contributed by atoms with E-state index in [0.29, 0.717) is 21.3 Å². The number of halogens is 3. The van der Waals surface area contributed by atoms with Gasteiger partial charge in [0.2, 0.25) is 5.82 Å². The third kappa shape index (κ3) is 3.53. The Bertz CT molecular complexity index is 721. The van der Waals surface area contributed by atoms with Gasteiger partial charge in [-0.15, -0.1) is 11.3 Å². The summed E-state index contributed by atoms with van der Waals surface area (Å²) in [7, 11) is 0. The predicted octanol–water partition coefficient (Wildman–Crippen LogP) is 3.52. The number of thiophene rings is 1. The fourth-order valence-corrected chi connectivity index (χ4v) is 2.61. The van der Waals surface area contributed by atoms with Crippen LogP contribution in [0.15, 0.2) is 24.3 Å². The summed E-state index contributed by atoms with van der Waals surface area (Å²) < 4.78 is 27.5. The number of amides is 1. The van der Waals surface area contributed by atoms with Crippen LogP contribution in [0.3, 0.4) is 0 Å². The van der Waals surface area contributed by atoms with E-state index < -0.39 is 33.7 Å². The molecule has 21 heavy (non-hydrogen) atoms. The molecule has 1 N–H and O–H groups in total. The monoisotopic (exact) mass is 332 g/mol. The Morgan fingerprint density at radius 3 is 2.67 bits per heavy atom. The maximum atomic E-state index is 13.8. The molecule has 0 aliphatic rings. The SMILES string of the molecule is O=C(NCc1ccc(Cl)s1)c1cc(F)cc([N+](=O)[O-])c1F. The number of benzene rings is 1. The van der Waals surface area contributed by atoms with Crippen LogP contribution in [-0.2, 0) is 6.54 Å². The number of nitro groups is 1. The van der Waals surface area contributed by atoms with Gasteiger partial charge in [-0.1, -0.05) is 11.6 Å². The molecule has 1 aromatic carbocycles. The van der Waals surface area contributed by atoms with E-state index in [1.807, 2.05) is 0 Å². The number of rotatable bonds is 4. The molecule has 0 bridgehead atoms. The van der Waals surface area contributed by atoms with Gasteiger partial charge in [0.1, 0.15) is 5.82 Å². The topological polar surface area (TPSA) is 72.2 Å². The molecule has 0 saturated heterocycles. The molecule has 1 amide bonds. The summed E-state index contributed by atoms with van der Waals surface area (Å²) in [5.41, 5.74) is -1.80. The Morgan fingerprint density at radius 2 is 2.10 bits per heavy atom. The minimum absolute atomic E-state index is 0.0555. The molecule has 0 aliphatic heterocycles. The van der Waals surface area contributed by atoms with Crippen molar-refractivity contribution < 1.29 is 18.5 Å². The van der Waals surface area contributed by atoms with E-state index in [2.05, 4.69) is 5.32 Å². The van der Waals surface area contributed by atoms with Crippen LogP contribution in [0.25, 0.3) is 0 Å². The number of nitro benzene ring substituents is 1. The highest BCUT2D eigenvalue weighted by atomic mass is 35.5. The number of nitrogens with one attached hydrogen (secondary N) is 1. The standard InChI is InChI=1S/C12H7ClF2N2O3S/c13-10-2-1-7(21-10)5-16-12(18)8-3-6(14)4-9(11(8)15)17(19)20/h1-4H,5H2,(H,16,18). The summed E-state index contributed by atoms with van der Waals surface area (Å²) in [5, 5.41) is 12.9. The molecule has 110 valence electrons. The summed E-state index contributed by atoms with van der Waals surface area (Å²) >= 11 is 6.93. The van der Waals surface area contributed by atoms with Crippen LogP contribution in [-0.4, -0.2) is 10.8 Å². The zero-order valence-electron chi connectivity index (χ0n) is 10.2. The molecule has 2 rings (SSSR count).